The van der Waals surface area contributed by atoms with Gasteiger partial charge in [0.05, 0.1) is 5.92 Å². The Labute approximate surface area is 177 Å². The molecule has 0 amide bonds. The second-order valence-corrected chi connectivity index (χ2v) is 10.3. The van der Waals surface area contributed by atoms with Crippen LogP contribution in [0.5, 0.6) is 0 Å². The fraction of sp³-hybridized carbons (Fsp3) is 0.952. The fourth-order valence-corrected chi connectivity index (χ4v) is 4.33. The van der Waals surface area contributed by atoms with Crippen molar-refractivity contribution in [2.24, 2.45) is 5.92 Å². The first-order valence-corrected chi connectivity index (χ1v) is 13.8. The number of unbranched alkanes of at least 4 members (excludes halogenated alkanes) is 13. The molecular weight excluding hydrogens is 396 g/mol. The van der Waals surface area contributed by atoms with E-state index in [2.05, 4.69) is 11.7 Å². The molecule has 0 heterocycles. The minimum Gasteiger partial charge on any atom is -0.446 e. The van der Waals surface area contributed by atoms with Crippen LogP contribution in [0, 0.1) is 5.92 Å². The minimum absolute atomic E-state index is 0.363. The first-order chi connectivity index (χ1) is 13.4. The highest BCUT2D eigenvalue weighted by atomic mass is 32.2. The molecule has 0 aromatic carbocycles. The lowest BCUT2D eigenvalue weighted by molar-refractivity contribution is -0.145. The number of hydrogen-bond acceptors (Lipinski definition) is 5. The third-order valence-electron chi connectivity index (χ3n) is 4.76. The molecule has 0 aromatic rings. The number of thioether (sulfide) groups is 1. The predicted octanol–water partition coefficient (Wildman–Crippen LogP) is 6.23. The maximum Gasteiger partial charge on any atom is 0.310 e. The van der Waals surface area contributed by atoms with Gasteiger partial charge < -0.3 is 4.74 Å². The maximum atomic E-state index is 11.6. The molecule has 0 saturated carbocycles. The Morgan fingerprint density at radius 1 is 0.857 bits per heavy atom. The molecule has 0 unspecified atom stereocenters. The van der Waals surface area contributed by atoms with Gasteiger partial charge in [0.1, 0.15) is 0 Å². The van der Waals surface area contributed by atoms with E-state index in [0.29, 0.717) is 5.75 Å². The van der Waals surface area contributed by atoms with Gasteiger partial charge in [-0.1, -0.05) is 97.3 Å². The van der Waals surface area contributed by atoms with E-state index in [9.17, 15) is 13.2 Å². The van der Waals surface area contributed by atoms with Crippen LogP contribution in [0.15, 0.2) is 0 Å². The molecule has 5 nitrogen and oxygen atoms in total. The summed E-state index contributed by atoms with van der Waals surface area (Å²) in [5.74, 6) is -0.277. The van der Waals surface area contributed by atoms with E-state index < -0.39 is 22.0 Å². The molecule has 1 atom stereocenters. The van der Waals surface area contributed by atoms with E-state index in [4.69, 9.17) is 4.55 Å². The second-order valence-electron chi connectivity index (χ2n) is 7.74. The van der Waals surface area contributed by atoms with Gasteiger partial charge in [0.2, 0.25) is 5.94 Å². The number of ether oxygens (including phenoxy) is 1. The third kappa shape index (κ3) is 20.5. The molecule has 28 heavy (non-hydrogen) atoms. The summed E-state index contributed by atoms with van der Waals surface area (Å²) in [4.78, 5) is 11.6. The van der Waals surface area contributed by atoms with Crippen LogP contribution in [0.3, 0.4) is 0 Å². The molecule has 0 aromatic heterocycles. The van der Waals surface area contributed by atoms with Gasteiger partial charge in [0.15, 0.2) is 0 Å². The lowest BCUT2D eigenvalue weighted by atomic mass is 10.0. The largest absolute Gasteiger partial charge is 0.446 e. The van der Waals surface area contributed by atoms with Gasteiger partial charge in [0, 0.05) is 5.75 Å². The predicted molar refractivity (Wildman–Crippen MR) is 119 cm³/mol. The summed E-state index contributed by atoms with van der Waals surface area (Å²) in [6.45, 7) is 3.97. The zero-order valence-electron chi connectivity index (χ0n) is 18.0. The molecule has 0 bridgehead atoms. The monoisotopic (exact) mass is 438 g/mol. The number of esters is 1. The first-order valence-electron chi connectivity index (χ1n) is 11.1. The van der Waals surface area contributed by atoms with E-state index in [1.54, 1.807) is 18.7 Å². The molecule has 168 valence electrons. The van der Waals surface area contributed by atoms with E-state index in [0.717, 1.165) is 12.2 Å². The molecular formula is C21H42O5S2. The Morgan fingerprint density at radius 2 is 1.29 bits per heavy atom. The minimum atomic E-state index is -4.25. The summed E-state index contributed by atoms with van der Waals surface area (Å²) in [7, 11) is -4.25. The van der Waals surface area contributed by atoms with Gasteiger partial charge >= 0.3 is 16.1 Å². The van der Waals surface area contributed by atoms with Gasteiger partial charge in [-0.15, -0.1) is 0 Å². The molecule has 0 rings (SSSR count). The van der Waals surface area contributed by atoms with Crippen molar-refractivity contribution in [2.75, 3.05) is 17.4 Å². The number of rotatable bonds is 20. The van der Waals surface area contributed by atoms with Crippen LogP contribution < -0.4 is 0 Å². The van der Waals surface area contributed by atoms with Crippen LogP contribution in [-0.2, 0) is 19.6 Å². The van der Waals surface area contributed by atoms with Crippen molar-refractivity contribution in [1.29, 1.82) is 0 Å². The highest BCUT2D eigenvalue weighted by molar-refractivity contribution is 7.99. The van der Waals surface area contributed by atoms with Gasteiger partial charge in [-0.3, -0.25) is 9.35 Å². The molecule has 7 heteroatoms. The normalized spacial score (nSPS) is 12.8. The maximum absolute atomic E-state index is 11.6. The van der Waals surface area contributed by atoms with Crippen molar-refractivity contribution in [3.05, 3.63) is 0 Å². The highest BCUT2D eigenvalue weighted by Crippen LogP contribution is 2.15. The summed E-state index contributed by atoms with van der Waals surface area (Å²) in [5, 5.41) is 0. The quantitative estimate of drug-likeness (QED) is 0.138. The smallest absolute Gasteiger partial charge is 0.310 e. The van der Waals surface area contributed by atoms with Crippen LogP contribution in [0.1, 0.15) is 104 Å². The van der Waals surface area contributed by atoms with Gasteiger partial charge in [-0.05, 0) is 12.2 Å². The highest BCUT2D eigenvalue weighted by Gasteiger charge is 2.17. The van der Waals surface area contributed by atoms with Crippen molar-refractivity contribution < 1.29 is 22.5 Å². The Bertz CT molecular complexity index is 465. The molecule has 0 aliphatic carbocycles. The third-order valence-corrected chi connectivity index (χ3v) is 6.49. The summed E-state index contributed by atoms with van der Waals surface area (Å²) < 4.78 is 34.2. The molecule has 0 aliphatic rings. The Kier molecular flexibility index (Phi) is 18.6. The van der Waals surface area contributed by atoms with E-state index in [-0.39, 0.29) is 5.92 Å². The van der Waals surface area contributed by atoms with Crippen LogP contribution in [0.4, 0.5) is 0 Å². The summed E-state index contributed by atoms with van der Waals surface area (Å²) in [5.41, 5.74) is 0. The average molecular weight is 439 g/mol. The van der Waals surface area contributed by atoms with Crippen LogP contribution in [0.25, 0.3) is 0 Å². The number of carbonyl (C=O) groups is 1. The molecule has 0 radical (unpaired) electrons. The molecule has 0 fully saturated rings. The second kappa shape index (κ2) is 18.7. The zero-order chi connectivity index (χ0) is 21.1. The Morgan fingerprint density at radius 3 is 1.71 bits per heavy atom. The van der Waals surface area contributed by atoms with Gasteiger partial charge in [-0.25, -0.2) is 0 Å². The molecule has 0 aliphatic heterocycles. The number of carbonyl (C=O) groups excluding carboxylic acids is 1. The summed E-state index contributed by atoms with van der Waals surface area (Å²) in [6.07, 6.45) is 18.8. The molecule has 1 N–H and O–H groups in total. The average Bonchev–Trinajstić information content (AvgIpc) is 2.65. The number of hydrogen-bond donors (Lipinski definition) is 1. The van der Waals surface area contributed by atoms with E-state index >= 15 is 0 Å². The molecule has 0 spiro atoms. The topological polar surface area (TPSA) is 80.7 Å². The summed E-state index contributed by atoms with van der Waals surface area (Å²) >= 11 is 1.69. The van der Waals surface area contributed by atoms with Crippen molar-refractivity contribution in [3.63, 3.8) is 0 Å². The van der Waals surface area contributed by atoms with Crippen LogP contribution in [0.2, 0.25) is 0 Å². The lowest BCUT2D eigenvalue weighted by Gasteiger charge is -2.10. The first kappa shape index (κ1) is 27.7. The van der Waals surface area contributed by atoms with Crippen LogP contribution in [-0.4, -0.2) is 36.4 Å². The van der Waals surface area contributed by atoms with Crippen LogP contribution >= 0.6 is 11.8 Å². The van der Waals surface area contributed by atoms with Gasteiger partial charge in [-0.2, -0.15) is 20.2 Å². The van der Waals surface area contributed by atoms with Crippen molar-refractivity contribution in [2.45, 2.75) is 104 Å². The lowest BCUT2D eigenvalue weighted by Crippen LogP contribution is -2.20. The van der Waals surface area contributed by atoms with E-state index in [1.807, 2.05) is 0 Å². The van der Waals surface area contributed by atoms with E-state index in [1.165, 1.54) is 83.5 Å². The van der Waals surface area contributed by atoms with Crippen molar-refractivity contribution >= 4 is 27.8 Å². The summed E-state index contributed by atoms with van der Waals surface area (Å²) in [6, 6.07) is 0. The fourth-order valence-electron chi connectivity index (χ4n) is 3.00. The Hall–Kier alpha value is -0.270. The SMILES string of the molecule is CCCCCCCCCCCCCCCCSC[C@@H](C)C(=O)OCS(=O)(=O)O. The van der Waals surface area contributed by atoms with Crippen molar-refractivity contribution in [1.82, 2.24) is 0 Å². The van der Waals surface area contributed by atoms with Gasteiger partial charge in [0.25, 0.3) is 0 Å². The Balaban J connectivity index is 3.30. The van der Waals surface area contributed by atoms with Crippen molar-refractivity contribution in [3.8, 4) is 0 Å². The molecule has 0 saturated heterocycles. The zero-order valence-corrected chi connectivity index (χ0v) is 19.6. The standard InChI is InChI=1S/C21H42O5S2/c1-3-4-5-6-7-8-9-10-11-12-13-14-15-16-17-27-18-20(2)21(22)26-19-28(23,24)25/h20H,3-19H2,1-2H3,(H,23,24,25)/t20-/m1/s1.